The minimum absolute atomic E-state index is 0.192. The van der Waals surface area contributed by atoms with Crippen LogP contribution < -0.4 is 11.1 Å². The molecule has 0 aliphatic carbocycles. The number of nitrogens with two attached hydrogens (primary N) is 1. The number of nitrogens with zero attached hydrogens (tertiary/aromatic N) is 1. The van der Waals surface area contributed by atoms with Crippen LogP contribution in [-0.2, 0) is 4.79 Å². The van der Waals surface area contributed by atoms with Gasteiger partial charge in [-0.25, -0.2) is 0 Å². The molecule has 15 heavy (non-hydrogen) atoms. The van der Waals surface area contributed by atoms with Crippen LogP contribution in [0.2, 0.25) is 0 Å². The van der Waals surface area contributed by atoms with Gasteiger partial charge < -0.3 is 10.2 Å². The fourth-order valence-electron chi connectivity index (χ4n) is 0.988. The van der Waals surface area contributed by atoms with Crippen molar-refractivity contribution < 1.29 is 9.21 Å². The number of carbonyl (C=O) groups excluding carboxylic acids is 1. The van der Waals surface area contributed by atoms with Crippen molar-refractivity contribution in [3.63, 3.8) is 0 Å². The maximum atomic E-state index is 11.6. The molecule has 0 saturated heterocycles. The van der Waals surface area contributed by atoms with E-state index in [0.717, 1.165) is 5.69 Å². The van der Waals surface area contributed by atoms with Gasteiger partial charge in [-0.2, -0.15) is 4.98 Å². The average molecular weight is 211 g/mol. The van der Waals surface area contributed by atoms with E-state index in [-0.39, 0.29) is 17.3 Å². The predicted molar refractivity (Wildman–Crippen MR) is 57.3 cm³/mol. The largest absolute Gasteiger partial charge is 0.432 e. The lowest BCUT2D eigenvalue weighted by atomic mass is 9.87. The molecule has 5 heteroatoms. The van der Waals surface area contributed by atoms with E-state index in [1.165, 1.54) is 6.26 Å². The van der Waals surface area contributed by atoms with Crippen LogP contribution in [0, 0.1) is 12.3 Å². The fourth-order valence-corrected chi connectivity index (χ4v) is 0.988. The normalized spacial score (nSPS) is 13.7. The van der Waals surface area contributed by atoms with E-state index in [2.05, 4.69) is 10.3 Å². The number of nitrogens with one attached hydrogen (secondary N) is 1. The smallest absolute Gasteiger partial charge is 0.301 e. The topological polar surface area (TPSA) is 81.2 Å². The van der Waals surface area contributed by atoms with Crippen LogP contribution in [0.1, 0.15) is 26.5 Å². The number of hydrogen-bond acceptors (Lipinski definition) is 4. The van der Waals surface area contributed by atoms with Crippen LogP contribution in [0.25, 0.3) is 0 Å². The summed E-state index contributed by atoms with van der Waals surface area (Å²) in [5.74, 6) is -0.288. The maximum absolute atomic E-state index is 11.6. The third kappa shape index (κ3) is 3.06. The monoisotopic (exact) mass is 211 g/mol. The van der Waals surface area contributed by atoms with E-state index >= 15 is 0 Å². The Kier molecular flexibility index (Phi) is 3.14. The third-order valence-electron chi connectivity index (χ3n) is 2.06. The summed E-state index contributed by atoms with van der Waals surface area (Å²) in [5.41, 5.74) is 6.20. The van der Waals surface area contributed by atoms with Crippen molar-refractivity contribution >= 4 is 11.9 Å². The molecule has 5 nitrogen and oxygen atoms in total. The lowest BCUT2D eigenvalue weighted by molar-refractivity contribution is -0.119. The molecule has 0 aliphatic heterocycles. The zero-order valence-electron chi connectivity index (χ0n) is 9.50. The molecule has 1 atom stereocenters. The zero-order valence-corrected chi connectivity index (χ0v) is 9.50. The Morgan fingerprint density at radius 1 is 1.60 bits per heavy atom. The summed E-state index contributed by atoms with van der Waals surface area (Å²) in [6, 6.07) is -0.401. The highest BCUT2D eigenvalue weighted by Gasteiger charge is 2.28. The molecule has 3 N–H and O–H groups in total. The first-order chi connectivity index (χ1) is 6.80. The molecule has 0 radical (unpaired) electrons. The van der Waals surface area contributed by atoms with Gasteiger partial charge in [0.2, 0.25) is 5.91 Å². The Hall–Kier alpha value is -1.36. The first-order valence-corrected chi connectivity index (χ1v) is 4.79. The Bertz CT molecular complexity index is 352. The number of aryl methyl sites for hydroxylation is 1. The Morgan fingerprint density at radius 3 is 2.60 bits per heavy atom. The number of hydrogen-bond donors (Lipinski definition) is 2. The summed E-state index contributed by atoms with van der Waals surface area (Å²) in [4.78, 5) is 15.6. The molecule has 1 rings (SSSR count). The summed E-state index contributed by atoms with van der Waals surface area (Å²) in [5, 5.41) is 2.53. The Morgan fingerprint density at radius 2 is 2.20 bits per heavy atom. The maximum Gasteiger partial charge on any atom is 0.301 e. The number of carbonyl (C=O) groups is 1. The average Bonchev–Trinajstić information content (AvgIpc) is 2.48. The van der Waals surface area contributed by atoms with Gasteiger partial charge in [-0.3, -0.25) is 10.1 Å². The Labute approximate surface area is 89.1 Å². The molecule has 84 valence electrons. The highest BCUT2D eigenvalue weighted by atomic mass is 16.4. The van der Waals surface area contributed by atoms with Crippen molar-refractivity contribution in [2.75, 3.05) is 5.32 Å². The minimum atomic E-state index is -0.593. The van der Waals surface area contributed by atoms with E-state index in [4.69, 9.17) is 10.2 Å². The van der Waals surface area contributed by atoms with Gasteiger partial charge in [0.1, 0.15) is 6.26 Å². The molecule has 0 spiro atoms. The third-order valence-corrected chi connectivity index (χ3v) is 2.06. The van der Waals surface area contributed by atoms with Crippen LogP contribution in [0.4, 0.5) is 6.01 Å². The van der Waals surface area contributed by atoms with Crippen LogP contribution in [0.5, 0.6) is 0 Å². The molecule has 1 aromatic rings. The van der Waals surface area contributed by atoms with E-state index in [1.54, 1.807) is 6.92 Å². The standard InChI is InChI=1S/C10H17N3O2/c1-6-5-15-9(12-6)13-8(14)7(11)10(2,3)4/h5,7H,11H2,1-4H3,(H,12,13,14)/t7-/m0/s1. The van der Waals surface area contributed by atoms with Crippen molar-refractivity contribution in [1.82, 2.24) is 4.98 Å². The van der Waals surface area contributed by atoms with Gasteiger partial charge >= 0.3 is 6.01 Å². The SMILES string of the molecule is Cc1coc(NC(=O)[C@H](N)C(C)(C)C)n1. The lowest BCUT2D eigenvalue weighted by Crippen LogP contribution is -2.45. The van der Waals surface area contributed by atoms with Gasteiger partial charge in [-0.15, -0.1) is 0 Å². The molecule has 0 bridgehead atoms. The van der Waals surface area contributed by atoms with Gasteiger partial charge in [0, 0.05) is 0 Å². The van der Waals surface area contributed by atoms with Gasteiger partial charge in [0.05, 0.1) is 11.7 Å². The van der Waals surface area contributed by atoms with E-state index in [0.29, 0.717) is 0 Å². The van der Waals surface area contributed by atoms with Crippen LogP contribution >= 0.6 is 0 Å². The molecule has 0 unspecified atom stereocenters. The molecule has 0 fully saturated rings. The van der Waals surface area contributed by atoms with Gasteiger partial charge in [-0.1, -0.05) is 20.8 Å². The quantitative estimate of drug-likeness (QED) is 0.772. The number of oxazole rings is 1. The van der Waals surface area contributed by atoms with Crippen molar-refractivity contribution in [3.8, 4) is 0 Å². The molecule has 1 heterocycles. The van der Waals surface area contributed by atoms with E-state index in [1.807, 2.05) is 20.8 Å². The summed E-state index contributed by atoms with van der Waals surface area (Å²) < 4.78 is 5.00. The van der Waals surface area contributed by atoms with Crippen molar-refractivity contribution in [3.05, 3.63) is 12.0 Å². The molecule has 0 aromatic carbocycles. The number of rotatable bonds is 2. The van der Waals surface area contributed by atoms with Crippen LogP contribution in [0.15, 0.2) is 10.7 Å². The van der Waals surface area contributed by atoms with Crippen molar-refractivity contribution in [1.29, 1.82) is 0 Å². The number of aromatic nitrogens is 1. The van der Waals surface area contributed by atoms with Crippen molar-refractivity contribution in [2.24, 2.45) is 11.1 Å². The van der Waals surface area contributed by atoms with E-state index in [9.17, 15) is 4.79 Å². The summed E-state index contributed by atoms with van der Waals surface area (Å²) in [7, 11) is 0. The second-order valence-electron chi connectivity index (χ2n) is 4.63. The van der Waals surface area contributed by atoms with Crippen LogP contribution in [0.3, 0.4) is 0 Å². The molecule has 1 aromatic heterocycles. The number of amides is 1. The van der Waals surface area contributed by atoms with Gasteiger partial charge in [0.15, 0.2) is 0 Å². The minimum Gasteiger partial charge on any atom is -0.432 e. The second kappa shape index (κ2) is 4.02. The highest BCUT2D eigenvalue weighted by molar-refractivity contribution is 5.93. The first-order valence-electron chi connectivity index (χ1n) is 4.79. The number of anilines is 1. The van der Waals surface area contributed by atoms with Gasteiger partial charge in [0.25, 0.3) is 0 Å². The van der Waals surface area contributed by atoms with Gasteiger partial charge in [-0.05, 0) is 12.3 Å². The molecular weight excluding hydrogens is 194 g/mol. The Balaban J connectivity index is 2.64. The summed E-state index contributed by atoms with van der Waals surface area (Å²) in [6.45, 7) is 7.48. The fraction of sp³-hybridized carbons (Fsp3) is 0.600. The first kappa shape index (κ1) is 11.7. The molecular formula is C10H17N3O2. The van der Waals surface area contributed by atoms with Crippen LogP contribution in [-0.4, -0.2) is 16.9 Å². The zero-order chi connectivity index (χ0) is 11.6. The lowest BCUT2D eigenvalue weighted by Gasteiger charge is -2.24. The van der Waals surface area contributed by atoms with Crippen molar-refractivity contribution in [2.45, 2.75) is 33.7 Å². The summed E-state index contributed by atoms with van der Waals surface area (Å²) >= 11 is 0. The molecule has 0 saturated carbocycles. The summed E-state index contributed by atoms with van der Waals surface area (Å²) in [6.07, 6.45) is 1.47. The predicted octanol–water partition coefficient (Wildman–Crippen LogP) is 1.29. The molecule has 0 aliphatic rings. The van der Waals surface area contributed by atoms with E-state index < -0.39 is 6.04 Å². The second-order valence-corrected chi connectivity index (χ2v) is 4.63. The molecule has 1 amide bonds. The highest BCUT2D eigenvalue weighted by Crippen LogP contribution is 2.18.